The fraction of sp³-hybridized carbons (Fsp3) is 0.810. The van der Waals surface area contributed by atoms with Gasteiger partial charge in [0.25, 0.3) is 0 Å². The molecule has 4 saturated heterocycles. The Balaban J connectivity index is 1.69. The van der Waals surface area contributed by atoms with Gasteiger partial charge in [-0.15, -0.1) is 11.8 Å². The van der Waals surface area contributed by atoms with Crippen LogP contribution in [-0.4, -0.2) is 103 Å². The highest BCUT2D eigenvalue weighted by Crippen LogP contribution is 2.54. The van der Waals surface area contributed by atoms with Gasteiger partial charge in [0.05, 0.1) is 18.4 Å². The van der Waals surface area contributed by atoms with Gasteiger partial charge in [-0.25, -0.2) is 0 Å². The minimum Gasteiger partial charge on any atom is -0.374 e. The second-order valence-corrected chi connectivity index (χ2v) is 9.98. The first-order valence-electron chi connectivity index (χ1n) is 11.6. The number of likely N-dealkylation sites (tertiary alicyclic amines) is 1. The topological polar surface area (TPSA) is 77.6 Å². The van der Waals surface area contributed by atoms with E-state index in [2.05, 4.69) is 36.9 Å². The normalized spacial score (nSPS) is 37.1. The predicted molar refractivity (Wildman–Crippen MR) is 119 cm³/mol. The highest BCUT2D eigenvalue weighted by molar-refractivity contribution is 8.00. The van der Waals surface area contributed by atoms with Gasteiger partial charge in [-0.05, 0) is 25.0 Å². The van der Waals surface area contributed by atoms with Crippen molar-refractivity contribution in [2.75, 3.05) is 71.3 Å². The van der Waals surface area contributed by atoms with E-state index >= 15 is 0 Å². The zero-order valence-electron chi connectivity index (χ0n) is 17.8. The molecule has 3 atom stereocenters. The summed E-state index contributed by atoms with van der Waals surface area (Å²) in [6.07, 6.45) is 5.63. The monoisotopic (exact) mass is 433 g/mol. The lowest BCUT2D eigenvalue weighted by Gasteiger charge is -2.65. The van der Waals surface area contributed by atoms with Gasteiger partial charge in [0.2, 0.25) is 0 Å². The van der Waals surface area contributed by atoms with E-state index in [1.54, 1.807) is 6.20 Å². The van der Waals surface area contributed by atoms with Gasteiger partial charge in [-0.3, -0.25) is 15.1 Å². The average molecular weight is 434 g/mol. The maximum Gasteiger partial charge on any atom is 0.152 e. The second-order valence-electron chi connectivity index (χ2n) is 8.64. The third kappa shape index (κ3) is 3.48. The summed E-state index contributed by atoms with van der Waals surface area (Å²) < 4.78 is 6.19. The van der Waals surface area contributed by atoms with Crippen molar-refractivity contribution < 1.29 is 4.74 Å². The van der Waals surface area contributed by atoms with Crippen LogP contribution in [0.15, 0.2) is 18.3 Å². The first-order valence-corrected chi connectivity index (χ1v) is 12.6. The van der Waals surface area contributed by atoms with E-state index < -0.39 is 0 Å². The van der Waals surface area contributed by atoms with Crippen molar-refractivity contribution in [2.24, 2.45) is 0 Å². The van der Waals surface area contributed by atoms with Gasteiger partial charge in [-0.1, -0.05) is 6.42 Å². The zero-order valence-corrected chi connectivity index (χ0v) is 18.6. The SMILES string of the molecule is c1cnnc(C2(C3CNCCO3)SCCNC2(N2CCCCC2)N2CCNCC2)c1. The van der Waals surface area contributed by atoms with Gasteiger partial charge in [0.1, 0.15) is 4.75 Å². The van der Waals surface area contributed by atoms with Crippen LogP contribution in [0, 0.1) is 0 Å². The quantitative estimate of drug-likeness (QED) is 0.610. The molecule has 3 unspecified atom stereocenters. The van der Waals surface area contributed by atoms with Crippen molar-refractivity contribution in [3.8, 4) is 0 Å². The lowest BCUT2D eigenvalue weighted by atomic mass is 9.83. The van der Waals surface area contributed by atoms with Gasteiger partial charge < -0.3 is 15.4 Å². The molecule has 3 N–H and O–H groups in total. The van der Waals surface area contributed by atoms with Gasteiger partial charge in [0.15, 0.2) is 5.79 Å². The van der Waals surface area contributed by atoms with Crippen LogP contribution >= 0.6 is 11.8 Å². The summed E-state index contributed by atoms with van der Waals surface area (Å²) in [7, 11) is 0. The van der Waals surface area contributed by atoms with Crippen molar-refractivity contribution in [3.05, 3.63) is 24.0 Å². The first-order chi connectivity index (χ1) is 14.9. The molecule has 5 heterocycles. The zero-order chi connectivity index (χ0) is 20.3. The number of morpholine rings is 1. The third-order valence-electron chi connectivity index (χ3n) is 7.04. The summed E-state index contributed by atoms with van der Waals surface area (Å²) >= 11 is 2.03. The Morgan fingerprint density at radius 3 is 2.57 bits per heavy atom. The van der Waals surface area contributed by atoms with E-state index in [4.69, 9.17) is 9.84 Å². The number of hydrogen-bond donors (Lipinski definition) is 3. The third-order valence-corrected chi connectivity index (χ3v) is 8.66. The average Bonchev–Trinajstić information content (AvgIpc) is 2.86. The Bertz CT molecular complexity index is 659. The van der Waals surface area contributed by atoms with Gasteiger partial charge in [-0.2, -0.15) is 10.2 Å². The molecule has 9 heteroatoms. The minimum absolute atomic E-state index is 0.0255. The standard InChI is InChI=1S/C21H35N7OS/c1-2-11-27(12-3-1)21(28-13-7-22-8-14-28)20(30-16-10-24-21,18-5-4-6-25-26-18)19-17-23-9-15-29-19/h4-6,19,22-24H,1-3,7-17H2. The lowest BCUT2D eigenvalue weighted by molar-refractivity contribution is -0.165. The maximum atomic E-state index is 6.55. The van der Waals surface area contributed by atoms with Gasteiger partial charge >= 0.3 is 0 Å². The number of hydrogen-bond acceptors (Lipinski definition) is 9. The molecular formula is C21H35N7OS. The van der Waals surface area contributed by atoms with Crippen LogP contribution in [0.25, 0.3) is 0 Å². The predicted octanol–water partition coefficient (Wildman–Crippen LogP) is 0.0416. The molecule has 0 saturated carbocycles. The smallest absolute Gasteiger partial charge is 0.152 e. The molecule has 0 bridgehead atoms. The summed E-state index contributed by atoms with van der Waals surface area (Å²) in [5.74, 6) is 0.705. The van der Waals surface area contributed by atoms with E-state index in [9.17, 15) is 0 Å². The van der Waals surface area contributed by atoms with E-state index in [0.717, 1.165) is 77.0 Å². The molecular weight excluding hydrogens is 398 g/mol. The summed E-state index contributed by atoms with van der Waals surface area (Å²) in [5, 5.41) is 20.3. The van der Waals surface area contributed by atoms with Crippen LogP contribution in [0.1, 0.15) is 25.0 Å². The van der Waals surface area contributed by atoms with Crippen LogP contribution in [0.3, 0.4) is 0 Å². The molecule has 8 nitrogen and oxygen atoms in total. The van der Waals surface area contributed by atoms with E-state index in [-0.39, 0.29) is 16.6 Å². The highest BCUT2D eigenvalue weighted by Gasteiger charge is 2.66. The Kier molecular flexibility index (Phi) is 6.57. The van der Waals surface area contributed by atoms with E-state index in [1.165, 1.54) is 19.3 Å². The molecule has 4 aliphatic heterocycles. The molecule has 1 aromatic rings. The van der Waals surface area contributed by atoms with Crippen LogP contribution in [0.5, 0.6) is 0 Å². The molecule has 4 aliphatic rings. The Morgan fingerprint density at radius 1 is 1.00 bits per heavy atom. The van der Waals surface area contributed by atoms with Crippen LogP contribution in [-0.2, 0) is 9.48 Å². The number of nitrogens with one attached hydrogen (secondary N) is 3. The van der Waals surface area contributed by atoms with Crippen molar-refractivity contribution in [1.29, 1.82) is 0 Å². The Morgan fingerprint density at radius 2 is 1.83 bits per heavy atom. The molecule has 1 aromatic heterocycles. The van der Waals surface area contributed by atoms with Gasteiger partial charge in [0, 0.05) is 70.9 Å². The number of ether oxygens (including phenoxy) is 1. The van der Waals surface area contributed by atoms with Crippen LogP contribution < -0.4 is 16.0 Å². The molecule has 0 aliphatic carbocycles. The summed E-state index contributed by atoms with van der Waals surface area (Å²) in [6.45, 7) is 9.78. The van der Waals surface area contributed by atoms with Crippen molar-refractivity contribution in [3.63, 3.8) is 0 Å². The summed E-state index contributed by atoms with van der Waals surface area (Å²) in [5.41, 5.74) is 1.04. The van der Waals surface area contributed by atoms with E-state index in [1.807, 2.05) is 17.8 Å². The number of thioether (sulfide) groups is 1. The number of piperazine rings is 1. The molecule has 0 aromatic carbocycles. The minimum atomic E-state index is -0.360. The van der Waals surface area contributed by atoms with Crippen LogP contribution in [0.4, 0.5) is 0 Å². The van der Waals surface area contributed by atoms with Crippen molar-refractivity contribution in [2.45, 2.75) is 35.9 Å². The Labute approximate surface area is 183 Å². The number of piperidine rings is 1. The molecule has 5 rings (SSSR count). The van der Waals surface area contributed by atoms with Crippen molar-refractivity contribution >= 4 is 11.8 Å². The summed E-state index contributed by atoms with van der Waals surface area (Å²) in [4.78, 5) is 5.41. The van der Waals surface area contributed by atoms with Crippen LogP contribution in [0.2, 0.25) is 0 Å². The first kappa shape index (κ1) is 21.1. The van der Waals surface area contributed by atoms with E-state index in [0.29, 0.717) is 0 Å². The number of aromatic nitrogens is 2. The lowest BCUT2D eigenvalue weighted by Crippen LogP contribution is -2.84. The Hall–Kier alpha value is -0.810. The molecule has 0 spiro atoms. The molecule has 4 fully saturated rings. The molecule has 0 radical (unpaired) electrons. The fourth-order valence-electron chi connectivity index (χ4n) is 5.83. The largest absolute Gasteiger partial charge is 0.374 e. The molecule has 166 valence electrons. The molecule has 0 amide bonds. The number of nitrogens with zero attached hydrogens (tertiary/aromatic N) is 4. The summed E-state index contributed by atoms with van der Waals surface area (Å²) in [6, 6.07) is 4.21. The van der Waals surface area contributed by atoms with Crippen molar-refractivity contribution in [1.82, 2.24) is 35.9 Å². The fourth-order valence-corrected chi connectivity index (χ4v) is 7.48. The highest BCUT2D eigenvalue weighted by atomic mass is 32.2. The number of rotatable bonds is 4. The molecule has 30 heavy (non-hydrogen) atoms. The second kappa shape index (κ2) is 9.36. The maximum absolute atomic E-state index is 6.55.